The van der Waals surface area contributed by atoms with Crippen LogP contribution in [0.3, 0.4) is 0 Å². The third kappa shape index (κ3) is 3.75. The second-order valence-corrected chi connectivity index (χ2v) is 9.24. The number of methoxy groups -OCH3 is 1. The van der Waals surface area contributed by atoms with Crippen molar-refractivity contribution in [2.75, 3.05) is 38.4 Å². The van der Waals surface area contributed by atoms with Crippen LogP contribution in [-0.4, -0.2) is 33.5 Å². The summed E-state index contributed by atoms with van der Waals surface area (Å²) in [7, 11) is 1.69. The Morgan fingerprint density at radius 1 is 0.800 bits per heavy atom. The van der Waals surface area contributed by atoms with Crippen LogP contribution >= 0.6 is 0 Å². The highest BCUT2D eigenvalue weighted by Gasteiger charge is 2.51. The third-order valence-corrected chi connectivity index (χ3v) is 7.21. The van der Waals surface area contributed by atoms with Gasteiger partial charge in [-0.15, -0.1) is 0 Å². The van der Waals surface area contributed by atoms with Crippen molar-refractivity contribution in [3.63, 3.8) is 0 Å². The number of hydrogen-bond donors (Lipinski definition) is 0. The maximum Gasteiger partial charge on any atom is 0.123 e. The molecule has 176 valence electrons. The first-order chi connectivity index (χ1) is 17.3. The normalized spacial score (nSPS) is 17.9. The van der Waals surface area contributed by atoms with Gasteiger partial charge in [0, 0.05) is 24.9 Å². The molecule has 0 radical (unpaired) electrons. The second-order valence-electron chi connectivity index (χ2n) is 9.24. The highest BCUT2D eigenvalue weighted by atomic mass is 16.5. The van der Waals surface area contributed by atoms with Crippen molar-refractivity contribution in [1.82, 2.24) is 0 Å². The molecular weight excluding hydrogens is 434 g/mol. The quantitative estimate of drug-likeness (QED) is 0.315. The molecule has 0 bridgehead atoms. The molecule has 1 spiro atoms. The SMILES string of the molecule is COCCOc1ccc2c(c1)C1(CO2)CN(C(c2ccccc2)c2ccccc2)c2ccccc21. The van der Waals surface area contributed by atoms with Gasteiger partial charge in [-0.3, -0.25) is 0 Å². The molecular formula is C31H29NO3. The Labute approximate surface area is 206 Å². The summed E-state index contributed by atoms with van der Waals surface area (Å²) in [5.74, 6) is 1.79. The first-order valence-electron chi connectivity index (χ1n) is 12.2. The van der Waals surface area contributed by atoms with Gasteiger partial charge in [0.15, 0.2) is 0 Å². The van der Waals surface area contributed by atoms with E-state index in [1.807, 2.05) is 12.1 Å². The van der Waals surface area contributed by atoms with Gasteiger partial charge in [-0.1, -0.05) is 78.9 Å². The van der Waals surface area contributed by atoms with Gasteiger partial charge in [0.1, 0.15) is 24.7 Å². The maximum atomic E-state index is 6.31. The van der Waals surface area contributed by atoms with Crippen LogP contribution in [-0.2, 0) is 10.2 Å². The first-order valence-corrected chi connectivity index (χ1v) is 12.2. The van der Waals surface area contributed by atoms with Crippen LogP contribution in [0.5, 0.6) is 11.5 Å². The molecule has 6 rings (SSSR count). The lowest BCUT2D eigenvalue weighted by Gasteiger charge is -2.33. The summed E-state index contributed by atoms with van der Waals surface area (Å²) in [6.07, 6.45) is 0. The molecule has 4 heteroatoms. The predicted molar refractivity (Wildman–Crippen MR) is 139 cm³/mol. The molecule has 0 aliphatic carbocycles. The number of fused-ring (bicyclic) bond motifs is 4. The zero-order valence-electron chi connectivity index (χ0n) is 19.9. The minimum Gasteiger partial charge on any atom is -0.492 e. The van der Waals surface area contributed by atoms with E-state index in [4.69, 9.17) is 14.2 Å². The summed E-state index contributed by atoms with van der Waals surface area (Å²) in [5, 5.41) is 0. The van der Waals surface area contributed by atoms with Crippen LogP contribution in [0.1, 0.15) is 28.3 Å². The average Bonchev–Trinajstić information content (AvgIpc) is 3.44. The predicted octanol–water partition coefficient (Wildman–Crippen LogP) is 6.00. The standard InChI is InChI=1S/C31H29NO3/c1-33-18-19-34-25-16-17-29-27(20-25)31(22-35-29)21-32(28-15-9-8-14-26(28)31)30(23-10-4-2-5-11-23)24-12-6-3-7-13-24/h2-17,20,30H,18-19,21-22H2,1H3. The van der Waals surface area contributed by atoms with Crippen molar-refractivity contribution >= 4 is 5.69 Å². The molecule has 0 fully saturated rings. The lowest BCUT2D eigenvalue weighted by Crippen LogP contribution is -2.38. The smallest absolute Gasteiger partial charge is 0.123 e. The minimum absolute atomic E-state index is 0.100. The van der Waals surface area contributed by atoms with Crippen LogP contribution in [0.25, 0.3) is 0 Å². The number of ether oxygens (including phenoxy) is 3. The number of para-hydroxylation sites is 1. The Morgan fingerprint density at radius 3 is 2.20 bits per heavy atom. The zero-order chi connectivity index (χ0) is 23.7. The van der Waals surface area contributed by atoms with E-state index in [2.05, 4.69) is 95.9 Å². The van der Waals surface area contributed by atoms with Gasteiger partial charge < -0.3 is 19.1 Å². The molecule has 2 aliphatic rings. The van der Waals surface area contributed by atoms with E-state index in [1.165, 1.54) is 27.9 Å². The van der Waals surface area contributed by atoms with Crippen LogP contribution in [0.15, 0.2) is 103 Å². The molecule has 0 amide bonds. The molecule has 0 N–H and O–H groups in total. The second kappa shape index (κ2) is 9.12. The Morgan fingerprint density at radius 2 is 1.49 bits per heavy atom. The van der Waals surface area contributed by atoms with E-state index < -0.39 is 0 Å². The number of nitrogens with zero attached hydrogens (tertiary/aromatic N) is 1. The van der Waals surface area contributed by atoms with Gasteiger partial charge >= 0.3 is 0 Å². The van der Waals surface area contributed by atoms with Gasteiger partial charge in [-0.05, 0) is 41.0 Å². The maximum absolute atomic E-state index is 6.31. The van der Waals surface area contributed by atoms with Crippen molar-refractivity contribution in [2.45, 2.75) is 11.5 Å². The third-order valence-electron chi connectivity index (χ3n) is 7.21. The Kier molecular flexibility index (Phi) is 5.67. The van der Waals surface area contributed by atoms with Crippen molar-refractivity contribution in [3.05, 3.63) is 125 Å². The lowest BCUT2D eigenvalue weighted by molar-refractivity contribution is 0.146. The number of hydrogen-bond acceptors (Lipinski definition) is 4. The zero-order valence-corrected chi connectivity index (χ0v) is 19.9. The van der Waals surface area contributed by atoms with E-state index >= 15 is 0 Å². The van der Waals surface area contributed by atoms with Gasteiger partial charge in [0.05, 0.1) is 18.1 Å². The van der Waals surface area contributed by atoms with Gasteiger partial charge in [0.25, 0.3) is 0 Å². The molecule has 0 saturated carbocycles. The molecule has 1 unspecified atom stereocenters. The molecule has 4 nitrogen and oxygen atoms in total. The molecule has 4 aromatic rings. The fraction of sp³-hybridized carbons (Fsp3) is 0.226. The van der Waals surface area contributed by atoms with Crippen molar-refractivity contribution < 1.29 is 14.2 Å². The Hall–Kier alpha value is -3.76. The van der Waals surface area contributed by atoms with Crippen molar-refractivity contribution in [3.8, 4) is 11.5 Å². The Bertz CT molecular complexity index is 1270. The summed E-state index contributed by atoms with van der Waals surface area (Å²) in [4.78, 5) is 2.55. The fourth-order valence-electron chi connectivity index (χ4n) is 5.62. The number of anilines is 1. The van der Waals surface area contributed by atoms with Crippen LogP contribution in [0.4, 0.5) is 5.69 Å². The summed E-state index contributed by atoms with van der Waals surface area (Å²) < 4.78 is 17.5. The average molecular weight is 464 g/mol. The monoisotopic (exact) mass is 463 g/mol. The largest absolute Gasteiger partial charge is 0.492 e. The molecule has 0 saturated heterocycles. The summed E-state index contributed by atoms with van der Waals surface area (Å²) >= 11 is 0. The van der Waals surface area contributed by atoms with E-state index in [-0.39, 0.29) is 11.5 Å². The molecule has 0 aromatic heterocycles. The van der Waals surface area contributed by atoms with Crippen LogP contribution in [0.2, 0.25) is 0 Å². The molecule has 4 aromatic carbocycles. The highest BCUT2D eigenvalue weighted by molar-refractivity contribution is 5.71. The van der Waals surface area contributed by atoms with Gasteiger partial charge in [-0.25, -0.2) is 0 Å². The lowest BCUT2D eigenvalue weighted by atomic mass is 9.77. The topological polar surface area (TPSA) is 30.9 Å². The highest BCUT2D eigenvalue weighted by Crippen LogP contribution is 2.54. The number of benzene rings is 4. The van der Waals surface area contributed by atoms with Crippen LogP contribution in [0, 0.1) is 0 Å². The van der Waals surface area contributed by atoms with Crippen LogP contribution < -0.4 is 14.4 Å². The minimum atomic E-state index is -0.256. The van der Waals surface area contributed by atoms with E-state index in [0.717, 1.165) is 18.0 Å². The van der Waals surface area contributed by atoms with Gasteiger partial charge in [0.2, 0.25) is 0 Å². The molecule has 2 aliphatic heterocycles. The number of rotatable bonds is 7. The molecule has 35 heavy (non-hydrogen) atoms. The van der Waals surface area contributed by atoms with Gasteiger partial charge in [-0.2, -0.15) is 0 Å². The Balaban J connectivity index is 1.46. The molecule has 1 atom stereocenters. The summed E-state index contributed by atoms with van der Waals surface area (Å²) in [5.41, 5.74) is 6.07. The van der Waals surface area contributed by atoms with E-state index in [1.54, 1.807) is 7.11 Å². The van der Waals surface area contributed by atoms with E-state index in [9.17, 15) is 0 Å². The summed E-state index contributed by atoms with van der Waals surface area (Å²) in [6, 6.07) is 36.7. The fourth-order valence-corrected chi connectivity index (χ4v) is 5.62. The first kappa shape index (κ1) is 21.8. The van der Waals surface area contributed by atoms with Crippen molar-refractivity contribution in [2.24, 2.45) is 0 Å². The van der Waals surface area contributed by atoms with E-state index in [0.29, 0.717) is 19.8 Å². The van der Waals surface area contributed by atoms with Crippen molar-refractivity contribution in [1.29, 1.82) is 0 Å². The summed E-state index contributed by atoms with van der Waals surface area (Å²) in [6.45, 7) is 2.53. The molecule has 2 heterocycles.